The molecule has 7 nitrogen and oxygen atoms in total. The minimum absolute atomic E-state index is 0.217. The lowest BCUT2D eigenvalue weighted by atomic mass is 10.1. The van der Waals surface area contributed by atoms with Gasteiger partial charge in [-0.3, -0.25) is 10.1 Å². The first-order chi connectivity index (χ1) is 13.6. The van der Waals surface area contributed by atoms with Crippen LogP contribution >= 0.6 is 11.3 Å². The molecule has 1 aromatic heterocycles. The van der Waals surface area contributed by atoms with Gasteiger partial charge in [-0.2, -0.15) is 5.26 Å². The Balaban J connectivity index is 1.40. The van der Waals surface area contributed by atoms with E-state index in [1.165, 1.54) is 11.3 Å². The van der Waals surface area contributed by atoms with E-state index in [1.807, 2.05) is 29.6 Å². The minimum atomic E-state index is -0.717. The minimum Gasteiger partial charge on any atom is -0.481 e. The number of hydrogen-bond acceptors (Lipinski definition) is 7. The van der Waals surface area contributed by atoms with E-state index in [4.69, 9.17) is 19.5 Å². The van der Waals surface area contributed by atoms with E-state index in [9.17, 15) is 4.79 Å². The predicted octanol–water partition coefficient (Wildman–Crippen LogP) is 3.82. The monoisotopic (exact) mass is 393 g/mol. The van der Waals surface area contributed by atoms with Gasteiger partial charge >= 0.3 is 0 Å². The van der Waals surface area contributed by atoms with Crippen molar-refractivity contribution in [1.29, 1.82) is 5.26 Å². The summed E-state index contributed by atoms with van der Waals surface area (Å²) in [4.78, 5) is 16.8. The van der Waals surface area contributed by atoms with Gasteiger partial charge in [0, 0.05) is 10.9 Å². The van der Waals surface area contributed by atoms with Crippen LogP contribution in [-0.2, 0) is 4.79 Å². The van der Waals surface area contributed by atoms with E-state index in [0.717, 1.165) is 11.3 Å². The number of aromatic nitrogens is 1. The topological polar surface area (TPSA) is 93.5 Å². The molecular formula is C20H15N3O4S. The molecule has 0 fully saturated rings. The van der Waals surface area contributed by atoms with Crippen LogP contribution in [0.15, 0.2) is 47.8 Å². The summed E-state index contributed by atoms with van der Waals surface area (Å²) in [7, 11) is 0. The van der Waals surface area contributed by atoms with Gasteiger partial charge in [0.2, 0.25) is 6.79 Å². The summed E-state index contributed by atoms with van der Waals surface area (Å²) in [5, 5.41) is 13.9. The van der Waals surface area contributed by atoms with Crippen molar-refractivity contribution in [3.05, 3.63) is 53.4 Å². The van der Waals surface area contributed by atoms with E-state index in [1.54, 1.807) is 31.2 Å². The number of ether oxygens (including phenoxy) is 3. The average molecular weight is 393 g/mol. The number of nitriles is 1. The van der Waals surface area contributed by atoms with Crippen molar-refractivity contribution in [2.75, 3.05) is 12.1 Å². The third-order valence-corrected chi connectivity index (χ3v) is 4.83. The van der Waals surface area contributed by atoms with E-state index < -0.39 is 6.10 Å². The molecule has 0 spiro atoms. The molecule has 2 heterocycles. The molecule has 0 saturated carbocycles. The van der Waals surface area contributed by atoms with Crippen LogP contribution in [0.2, 0.25) is 0 Å². The zero-order valence-electron chi connectivity index (χ0n) is 14.8. The number of fused-ring (bicyclic) bond motifs is 1. The Bertz CT molecular complexity index is 1060. The maximum absolute atomic E-state index is 12.4. The molecule has 4 rings (SSSR count). The second-order valence-electron chi connectivity index (χ2n) is 5.99. The molecule has 1 aliphatic heterocycles. The summed E-state index contributed by atoms with van der Waals surface area (Å²) < 4.78 is 16.3. The quantitative estimate of drug-likeness (QED) is 0.708. The van der Waals surface area contributed by atoms with Crippen molar-refractivity contribution in [2.45, 2.75) is 13.0 Å². The number of carbonyl (C=O) groups excluding carboxylic acids is 1. The van der Waals surface area contributed by atoms with Crippen LogP contribution in [-0.4, -0.2) is 23.8 Å². The largest absolute Gasteiger partial charge is 0.481 e. The Morgan fingerprint density at radius 3 is 2.82 bits per heavy atom. The number of hydrogen-bond donors (Lipinski definition) is 1. The average Bonchev–Trinajstić information content (AvgIpc) is 3.37. The highest BCUT2D eigenvalue weighted by molar-refractivity contribution is 7.14. The summed E-state index contributed by atoms with van der Waals surface area (Å²) in [6.45, 7) is 1.87. The molecule has 1 aliphatic rings. The molecule has 28 heavy (non-hydrogen) atoms. The van der Waals surface area contributed by atoms with Crippen LogP contribution in [0, 0.1) is 11.3 Å². The third kappa shape index (κ3) is 3.75. The molecule has 1 unspecified atom stereocenters. The van der Waals surface area contributed by atoms with Gasteiger partial charge in [0.1, 0.15) is 5.75 Å². The standard InChI is InChI=1S/C20H15N3O4S/c1-12(27-15-5-2-13(9-21)3-6-15)19(24)23-20-22-16(10-28-20)14-4-7-17-18(8-14)26-11-25-17/h2-8,10,12H,11H2,1H3,(H,22,23,24). The van der Waals surface area contributed by atoms with Crippen LogP contribution in [0.4, 0.5) is 5.13 Å². The summed E-state index contributed by atoms with van der Waals surface area (Å²) in [6, 6.07) is 14.2. The van der Waals surface area contributed by atoms with Crippen molar-refractivity contribution in [3.63, 3.8) is 0 Å². The van der Waals surface area contributed by atoms with Crippen LogP contribution < -0.4 is 19.5 Å². The molecule has 1 atom stereocenters. The fourth-order valence-electron chi connectivity index (χ4n) is 2.59. The van der Waals surface area contributed by atoms with Gasteiger partial charge in [-0.15, -0.1) is 11.3 Å². The van der Waals surface area contributed by atoms with E-state index in [-0.39, 0.29) is 12.7 Å². The Hall–Kier alpha value is -3.57. The fraction of sp³-hybridized carbons (Fsp3) is 0.150. The zero-order chi connectivity index (χ0) is 19.5. The van der Waals surface area contributed by atoms with Gasteiger partial charge in [-0.25, -0.2) is 4.98 Å². The normalized spacial score (nSPS) is 12.9. The fourth-order valence-corrected chi connectivity index (χ4v) is 3.31. The molecular weight excluding hydrogens is 378 g/mol. The van der Waals surface area contributed by atoms with Gasteiger partial charge in [0.15, 0.2) is 22.7 Å². The van der Waals surface area contributed by atoms with Gasteiger partial charge in [0.25, 0.3) is 5.91 Å². The van der Waals surface area contributed by atoms with Crippen LogP contribution in [0.3, 0.4) is 0 Å². The van der Waals surface area contributed by atoms with Gasteiger partial charge in [-0.1, -0.05) is 0 Å². The number of anilines is 1. The van der Waals surface area contributed by atoms with Crippen LogP contribution in [0.5, 0.6) is 17.2 Å². The van der Waals surface area contributed by atoms with Crippen molar-refractivity contribution in [2.24, 2.45) is 0 Å². The summed E-state index contributed by atoms with van der Waals surface area (Å²) >= 11 is 1.33. The molecule has 1 amide bonds. The van der Waals surface area contributed by atoms with Gasteiger partial charge in [0.05, 0.1) is 17.3 Å². The molecule has 3 aromatic rings. The van der Waals surface area contributed by atoms with E-state index in [0.29, 0.717) is 27.9 Å². The molecule has 0 aliphatic carbocycles. The van der Waals surface area contributed by atoms with Crippen LogP contribution in [0.1, 0.15) is 12.5 Å². The first kappa shape index (κ1) is 17.8. The van der Waals surface area contributed by atoms with Crippen molar-refractivity contribution >= 4 is 22.4 Å². The number of carbonyl (C=O) groups is 1. The van der Waals surface area contributed by atoms with Crippen molar-refractivity contribution < 1.29 is 19.0 Å². The molecule has 8 heteroatoms. The van der Waals surface area contributed by atoms with Crippen molar-refractivity contribution in [3.8, 4) is 34.6 Å². The predicted molar refractivity (Wildman–Crippen MR) is 104 cm³/mol. The molecule has 0 saturated heterocycles. The molecule has 2 aromatic carbocycles. The number of benzene rings is 2. The molecule has 140 valence electrons. The lowest BCUT2D eigenvalue weighted by Crippen LogP contribution is -2.30. The second-order valence-corrected chi connectivity index (χ2v) is 6.85. The number of nitrogens with zero attached hydrogens (tertiary/aromatic N) is 2. The molecule has 0 bridgehead atoms. The number of amides is 1. The Kier molecular flexibility index (Phi) is 4.83. The highest BCUT2D eigenvalue weighted by Gasteiger charge is 2.18. The van der Waals surface area contributed by atoms with Crippen LogP contribution in [0.25, 0.3) is 11.3 Å². The van der Waals surface area contributed by atoms with Gasteiger partial charge < -0.3 is 14.2 Å². The Labute approximate surface area is 165 Å². The first-order valence-corrected chi connectivity index (χ1v) is 9.33. The van der Waals surface area contributed by atoms with Crippen molar-refractivity contribution in [1.82, 2.24) is 4.98 Å². The SMILES string of the molecule is CC(Oc1ccc(C#N)cc1)C(=O)Nc1nc(-c2ccc3c(c2)OCO3)cs1. The number of thiazole rings is 1. The lowest BCUT2D eigenvalue weighted by Gasteiger charge is -2.13. The third-order valence-electron chi connectivity index (χ3n) is 4.07. The zero-order valence-corrected chi connectivity index (χ0v) is 15.7. The maximum Gasteiger partial charge on any atom is 0.266 e. The molecule has 1 N–H and O–H groups in total. The first-order valence-electron chi connectivity index (χ1n) is 8.45. The summed E-state index contributed by atoms with van der Waals surface area (Å²) in [5.41, 5.74) is 2.14. The molecule has 0 radical (unpaired) electrons. The highest BCUT2D eigenvalue weighted by Crippen LogP contribution is 2.36. The lowest BCUT2D eigenvalue weighted by molar-refractivity contribution is -0.122. The highest BCUT2D eigenvalue weighted by atomic mass is 32.1. The second kappa shape index (κ2) is 7.58. The smallest absolute Gasteiger partial charge is 0.266 e. The van der Waals surface area contributed by atoms with Gasteiger partial charge in [-0.05, 0) is 49.4 Å². The number of rotatable bonds is 5. The Morgan fingerprint density at radius 2 is 2.04 bits per heavy atom. The van der Waals surface area contributed by atoms with E-state index >= 15 is 0 Å². The summed E-state index contributed by atoms with van der Waals surface area (Å²) in [5.74, 6) is 1.60. The van der Waals surface area contributed by atoms with E-state index in [2.05, 4.69) is 10.3 Å². The number of nitrogens with one attached hydrogen (secondary N) is 1. The summed E-state index contributed by atoms with van der Waals surface area (Å²) in [6.07, 6.45) is -0.717. The maximum atomic E-state index is 12.4. The Morgan fingerprint density at radius 1 is 1.25 bits per heavy atom.